The number of fused-ring (bicyclic) bond motifs is 1. The molecule has 134 valence electrons. The highest BCUT2D eigenvalue weighted by molar-refractivity contribution is 6.32. The quantitative estimate of drug-likeness (QED) is 0.859. The van der Waals surface area contributed by atoms with Gasteiger partial charge in [-0.25, -0.2) is 4.79 Å². The van der Waals surface area contributed by atoms with Crippen LogP contribution in [-0.4, -0.2) is 42.1 Å². The highest BCUT2D eigenvalue weighted by atomic mass is 35.5. The van der Waals surface area contributed by atoms with Gasteiger partial charge in [0.25, 0.3) is 0 Å². The lowest BCUT2D eigenvalue weighted by atomic mass is 9.95. The average molecular weight is 374 g/mol. The highest BCUT2D eigenvalue weighted by Gasteiger charge is 2.35. The summed E-state index contributed by atoms with van der Waals surface area (Å²) in [5, 5.41) is 3.04. The number of halogens is 1. The van der Waals surface area contributed by atoms with Crippen molar-refractivity contribution >= 4 is 40.8 Å². The van der Waals surface area contributed by atoms with Crippen molar-refractivity contribution in [3.05, 3.63) is 47.5 Å². The Morgan fingerprint density at radius 1 is 1.35 bits per heavy atom. The number of hydrogen-bond acceptors (Lipinski definition) is 4. The normalized spacial score (nSPS) is 18.5. The van der Waals surface area contributed by atoms with Crippen molar-refractivity contribution in [1.82, 2.24) is 4.90 Å². The molecule has 0 radical (unpaired) electrons. The van der Waals surface area contributed by atoms with Gasteiger partial charge in [0.2, 0.25) is 11.8 Å². The standard InChI is InChI=1S/C18H16ClN3O4/c1-26-15-7-6-11(10-13(15)19)20-16(23)8-9-22-17(24)12-4-2-3-5-14(12)21-18(22)25/h2-7,10,12H,8-9H2,1H3,(H,20,23). The van der Waals surface area contributed by atoms with E-state index >= 15 is 0 Å². The fraction of sp³-hybridized carbons (Fsp3) is 0.222. The zero-order chi connectivity index (χ0) is 18.7. The summed E-state index contributed by atoms with van der Waals surface area (Å²) >= 11 is 6.01. The molecular formula is C18H16ClN3O4. The molecule has 1 N–H and O–H groups in total. The molecule has 0 saturated heterocycles. The molecule has 1 atom stereocenters. The third-order valence-electron chi connectivity index (χ3n) is 3.99. The molecule has 0 bridgehead atoms. The Hall–Kier alpha value is -2.93. The van der Waals surface area contributed by atoms with E-state index in [1.165, 1.54) is 7.11 Å². The summed E-state index contributed by atoms with van der Waals surface area (Å²) < 4.78 is 5.05. The minimum atomic E-state index is -0.651. The molecule has 2 aliphatic rings. The largest absolute Gasteiger partial charge is 0.495 e. The molecule has 8 heteroatoms. The maximum absolute atomic E-state index is 12.4. The summed E-state index contributed by atoms with van der Waals surface area (Å²) in [5.74, 6) is -0.792. The van der Waals surface area contributed by atoms with Crippen LogP contribution in [0.15, 0.2) is 47.5 Å². The van der Waals surface area contributed by atoms with Gasteiger partial charge in [-0.05, 0) is 24.3 Å². The minimum Gasteiger partial charge on any atom is -0.495 e. The van der Waals surface area contributed by atoms with Crippen LogP contribution in [0.4, 0.5) is 10.5 Å². The van der Waals surface area contributed by atoms with E-state index in [1.807, 2.05) is 0 Å². The van der Waals surface area contributed by atoms with Crippen molar-refractivity contribution in [2.75, 3.05) is 19.0 Å². The number of methoxy groups -OCH3 is 1. The second-order valence-corrected chi connectivity index (χ2v) is 6.09. The molecule has 1 aliphatic carbocycles. The number of allylic oxidation sites excluding steroid dienone is 3. The Bertz CT molecular complexity index is 860. The van der Waals surface area contributed by atoms with Crippen molar-refractivity contribution < 1.29 is 19.1 Å². The van der Waals surface area contributed by atoms with Crippen LogP contribution in [0.2, 0.25) is 5.02 Å². The summed E-state index contributed by atoms with van der Waals surface area (Å²) in [6.07, 6.45) is 6.73. The van der Waals surface area contributed by atoms with E-state index in [2.05, 4.69) is 10.3 Å². The average Bonchev–Trinajstić information content (AvgIpc) is 2.61. The van der Waals surface area contributed by atoms with E-state index in [1.54, 1.807) is 42.5 Å². The van der Waals surface area contributed by atoms with Gasteiger partial charge in [-0.2, -0.15) is 4.99 Å². The van der Waals surface area contributed by atoms with Gasteiger partial charge in [-0.15, -0.1) is 0 Å². The zero-order valence-corrected chi connectivity index (χ0v) is 14.7. The topological polar surface area (TPSA) is 88.1 Å². The molecule has 3 rings (SSSR count). The van der Waals surface area contributed by atoms with E-state index in [9.17, 15) is 14.4 Å². The van der Waals surface area contributed by atoms with Crippen LogP contribution >= 0.6 is 11.6 Å². The summed E-state index contributed by atoms with van der Waals surface area (Å²) in [6, 6.07) is 4.19. The number of hydrogen-bond donors (Lipinski definition) is 1. The molecule has 1 heterocycles. The molecule has 26 heavy (non-hydrogen) atoms. The lowest BCUT2D eigenvalue weighted by Crippen LogP contribution is -2.46. The number of amides is 4. The van der Waals surface area contributed by atoms with Gasteiger partial charge in [-0.1, -0.05) is 29.8 Å². The van der Waals surface area contributed by atoms with E-state index in [0.717, 1.165) is 4.90 Å². The summed E-state index contributed by atoms with van der Waals surface area (Å²) in [7, 11) is 1.50. The zero-order valence-electron chi connectivity index (χ0n) is 13.9. The van der Waals surface area contributed by atoms with Crippen LogP contribution in [0.1, 0.15) is 6.42 Å². The molecule has 4 amide bonds. The first kappa shape index (κ1) is 17.9. The first-order valence-corrected chi connectivity index (χ1v) is 8.29. The molecule has 1 unspecified atom stereocenters. The van der Waals surface area contributed by atoms with Gasteiger partial charge < -0.3 is 10.1 Å². The van der Waals surface area contributed by atoms with Gasteiger partial charge in [0, 0.05) is 18.7 Å². The van der Waals surface area contributed by atoms with Gasteiger partial charge >= 0.3 is 6.03 Å². The molecule has 1 aromatic carbocycles. The summed E-state index contributed by atoms with van der Waals surface area (Å²) in [4.78, 5) is 41.5. The maximum atomic E-state index is 12.4. The fourth-order valence-corrected chi connectivity index (χ4v) is 2.92. The smallest absolute Gasteiger partial charge is 0.350 e. The second-order valence-electron chi connectivity index (χ2n) is 5.68. The predicted molar refractivity (Wildman–Crippen MR) is 97.6 cm³/mol. The number of urea groups is 1. The molecule has 7 nitrogen and oxygen atoms in total. The van der Waals surface area contributed by atoms with Crippen LogP contribution < -0.4 is 10.1 Å². The van der Waals surface area contributed by atoms with Gasteiger partial charge in [0.15, 0.2) is 0 Å². The Morgan fingerprint density at radius 2 is 2.15 bits per heavy atom. The molecule has 0 spiro atoms. The number of benzene rings is 1. The van der Waals surface area contributed by atoms with Crippen LogP contribution in [0.25, 0.3) is 0 Å². The number of carbonyl (C=O) groups is 3. The molecule has 1 aliphatic heterocycles. The van der Waals surface area contributed by atoms with Gasteiger partial charge in [0.1, 0.15) is 5.75 Å². The maximum Gasteiger partial charge on any atom is 0.350 e. The van der Waals surface area contributed by atoms with Crippen molar-refractivity contribution in [2.45, 2.75) is 6.42 Å². The number of carbonyl (C=O) groups excluding carboxylic acids is 3. The van der Waals surface area contributed by atoms with E-state index < -0.39 is 11.9 Å². The Kier molecular flexibility index (Phi) is 5.18. The van der Waals surface area contributed by atoms with Gasteiger partial charge in [-0.3, -0.25) is 14.5 Å². The second kappa shape index (κ2) is 7.53. The number of aliphatic imine (C=N–C) groups is 1. The number of imide groups is 1. The Labute approximate surface area is 155 Å². The monoisotopic (exact) mass is 373 g/mol. The Balaban J connectivity index is 1.61. The fourth-order valence-electron chi connectivity index (χ4n) is 2.67. The SMILES string of the molecule is COc1ccc(NC(=O)CCN2C(=O)N=C3C=CC=CC3C2=O)cc1Cl. The third kappa shape index (κ3) is 3.67. The van der Waals surface area contributed by atoms with Crippen molar-refractivity contribution in [2.24, 2.45) is 10.9 Å². The minimum absolute atomic E-state index is 0.0434. The first-order valence-electron chi connectivity index (χ1n) is 7.92. The Morgan fingerprint density at radius 3 is 2.88 bits per heavy atom. The number of anilines is 1. The molecule has 0 saturated carbocycles. The van der Waals surface area contributed by atoms with Crippen molar-refractivity contribution in [1.29, 1.82) is 0 Å². The van der Waals surface area contributed by atoms with Crippen LogP contribution in [0.3, 0.4) is 0 Å². The van der Waals surface area contributed by atoms with Crippen LogP contribution in [-0.2, 0) is 9.59 Å². The number of rotatable bonds is 5. The van der Waals surface area contributed by atoms with Crippen molar-refractivity contribution in [3.8, 4) is 5.75 Å². The lowest BCUT2D eigenvalue weighted by molar-refractivity contribution is -0.129. The van der Waals surface area contributed by atoms with Crippen LogP contribution in [0.5, 0.6) is 5.75 Å². The number of nitrogens with one attached hydrogen (secondary N) is 1. The molecule has 0 aromatic heterocycles. The first-order chi connectivity index (χ1) is 12.5. The van der Waals surface area contributed by atoms with Gasteiger partial charge in [0.05, 0.1) is 23.8 Å². The van der Waals surface area contributed by atoms with Crippen molar-refractivity contribution in [3.63, 3.8) is 0 Å². The number of ether oxygens (including phenoxy) is 1. The number of nitrogens with zero attached hydrogens (tertiary/aromatic N) is 2. The third-order valence-corrected chi connectivity index (χ3v) is 4.28. The molecular weight excluding hydrogens is 358 g/mol. The summed E-state index contributed by atoms with van der Waals surface area (Å²) in [5.41, 5.74) is 0.925. The molecule has 0 fully saturated rings. The van der Waals surface area contributed by atoms with E-state index in [0.29, 0.717) is 22.2 Å². The molecule has 1 aromatic rings. The highest BCUT2D eigenvalue weighted by Crippen LogP contribution is 2.27. The lowest BCUT2D eigenvalue weighted by Gasteiger charge is -2.28. The predicted octanol–water partition coefficient (Wildman–Crippen LogP) is 2.82. The summed E-state index contributed by atoms with van der Waals surface area (Å²) in [6.45, 7) is -0.0434. The van der Waals surface area contributed by atoms with E-state index in [-0.39, 0.29) is 24.8 Å². The van der Waals surface area contributed by atoms with E-state index in [4.69, 9.17) is 16.3 Å². The van der Waals surface area contributed by atoms with Crippen LogP contribution in [0, 0.1) is 5.92 Å².